The predicted octanol–water partition coefficient (Wildman–Crippen LogP) is 4.00. The Hall–Kier alpha value is -2.09. The summed E-state index contributed by atoms with van der Waals surface area (Å²) < 4.78 is 0. The minimum Gasteiger partial charge on any atom is -0.507 e. The summed E-state index contributed by atoms with van der Waals surface area (Å²) >= 11 is 0. The zero-order valence-corrected chi connectivity index (χ0v) is 11.6. The molecule has 0 saturated heterocycles. The van der Waals surface area contributed by atoms with Crippen LogP contribution >= 0.6 is 0 Å². The minimum atomic E-state index is 0.184. The van der Waals surface area contributed by atoms with Gasteiger partial charge in [0.15, 0.2) is 6.29 Å². The highest BCUT2D eigenvalue weighted by molar-refractivity contribution is 5.92. The van der Waals surface area contributed by atoms with Crippen molar-refractivity contribution in [3.63, 3.8) is 0 Å². The third kappa shape index (κ3) is 2.11. The van der Waals surface area contributed by atoms with E-state index in [1.807, 2.05) is 30.3 Å². The maximum absolute atomic E-state index is 11.4. The van der Waals surface area contributed by atoms with Crippen molar-refractivity contribution in [2.24, 2.45) is 5.92 Å². The molecule has 2 heteroatoms. The maximum atomic E-state index is 11.4. The molecule has 0 spiro atoms. The summed E-state index contributed by atoms with van der Waals surface area (Å²) in [4.78, 5) is 11.4. The van der Waals surface area contributed by atoms with Gasteiger partial charge in [0.1, 0.15) is 5.75 Å². The van der Waals surface area contributed by atoms with Gasteiger partial charge in [-0.25, -0.2) is 0 Å². The Bertz CT molecular complexity index is 644. The number of carbonyl (C=O) groups is 1. The van der Waals surface area contributed by atoms with Crippen LogP contribution < -0.4 is 0 Å². The Morgan fingerprint density at radius 3 is 2.70 bits per heavy atom. The molecule has 0 fully saturated rings. The number of phenols is 1. The molecule has 102 valence electrons. The molecule has 3 rings (SSSR count). The Kier molecular flexibility index (Phi) is 3.31. The molecule has 0 saturated carbocycles. The number of hydrogen-bond donors (Lipinski definition) is 1. The summed E-state index contributed by atoms with van der Waals surface area (Å²) in [6.45, 7) is 2.23. The van der Waals surface area contributed by atoms with Crippen molar-refractivity contribution in [1.29, 1.82) is 0 Å². The van der Waals surface area contributed by atoms with E-state index in [2.05, 4.69) is 13.0 Å². The molecule has 1 atom stereocenters. The first kappa shape index (κ1) is 12.9. The highest BCUT2D eigenvalue weighted by Crippen LogP contribution is 2.39. The average molecular weight is 266 g/mol. The van der Waals surface area contributed by atoms with Crippen LogP contribution in [0.3, 0.4) is 0 Å². The van der Waals surface area contributed by atoms with Crippen molar-refractivity contribution in [3.05, 3.63) is 53.1 Å². The lowest BCUT2D eigenvalue weighted by Gasteiger charge is -2.24. The summed E-state index contributed by atoms with van der Waals surface area (Å²) in [5.41, 5.74) is 4.39. The quantitative estimate of drug-likeness (QED) is 0.834. The molecule has 1 aliphatic rings. The van der Waals surface area contributed by atoms with Gasteiger partial charge in [0.2, 0.25) is 0 Å². The van der Waals surface area contributed by atoms with Crippen LogP contribution in [0.1, 0.15) is 34.8 Å². The van der Waals surface area contributed by atoms with Gasteiger partial charge in [-0.15, -0.1) is 0 Å². The summed E-state index contributed by atoms with van der Waals surface area (Å²) in [6.07, 6.45) is 3.68. The molecule has 0 heterocycles. The fourth-order valence-electron chi connectivity index (χ4n) is 3.09. The van der Waals surface area contributed by atoms with E-state index in [1.54, 1.807) is 0 Å². The zero-order chi connectivity index (χ0) is 14.1. The van der Waals surface area contributed by atoms with Crippen LogP contribution in [0.4, 0.5) is 0 Å². The third-order valence-electron chi connectivity index (χ3n) is 4.20. The van der Waals surface area contributed by atoms with Gasteiger partial charge in [-0.2, -0.15) is 0 Å². The third-order valence-corrected chi connectivity index (χ3v) is 4.20. The van der Waals surface area contributed by atoms with E-state index < -0.39 is 0 Å². The standard InChI is InChI=1S/C18H18O2/c1-12-7-8-15-14(9-12)10-16(17(11-19)18(15)20)13-5-3-2-4-6-13/h2-6,10-12,20H,7-9H2,1H3/t12-/m1/s1. The molecule has 0 bridgehead atoms. The van der Waals surface area contributed by atoms with E-state index in [0.717, 1.165) is 42.2 Å². The molecule has 0 amide bonds. The predicted molar refractivity (Wildman–Crippen MR) is 80.1 cm³/mol. The number of rotatable bonds is 2. The van der Waals surface area contributed by atoms with E-state index in [1.165, 1.54) is 5.56 Å². The van der Waals surface area contributed by atoms with E-state index >= 15 is 0 Å². The first-order chi connectivity index (χ1) is 9.70. The van der Waals surface area contributed by atoms with Crippen LogP contribution in [0.25, 0.3) is 11.1 Å². The second kappa shape index (κ2) is 5.12. The van der Waals surface area contributed by atoms with Gasteiger partial charge in [0.25, 0.3) is 0 Å². The fourth-order valence-corrected chi connectivity index (χ4v) is 3.09. The van der Waals surface area contributed by atoms with E-state index in [9.17, 15) is 9.90 Å². The first-order valence-electron chi connectivity index (χ1n) is 7.09. The van der Waals surface area contributed by atoms with Crippen LogP contribution in [-0.4, -0.2) is 11.4 Å². The molecule has 2 nitrogen and oxygen atoms in total. The number of hydrogen-bond acceptors (Lipinski definition) is 2. The normalized spacial score (nSPS) is 17.6. The van der Waals surface area contributed by atoms with Gasteiger partial charge in [-0.05, 0) is 53.5 Å². The zero-order valence-electron chi connectivity index (χ0n) is 11.6. The van der Waals surface area contributed by atoms with Crippen LogP contribution in [0.5, 0.6) is 5.75 Å². The van der Waals surface area contributed by atoms with Crippen molar-refractivity contribution in [3.8, 4) is 16.9 Å². The molecule has 1 aliphatic carbocycles. The molecular formula is C18H18O2. The number of phenolic OH excluding ortho intramolecular Hbond substituents is 1. The van der Waals surface area contributed by atoms with Gasteiger partial charge >= 0.3 is 0 Å². The minimum absolute atomic E-state index is 0.184. The molecular weight excluding hydrogens is 248 g/mol. The fraction of sp³-hybridized carbons (Fsp3) is 0.278. The summed E-state index contributed by atoms with van der Waals surface area (Å²) in [5, 5.41) is 10.4. The lowest BCUT2D eigenvalue weighted by Crippen LogP contribution is -2.12. The Morgan fingerprint density at radius 1 is 1.25 bits per heavy atom. The Morgan fingerprint density at radius 2 is 2.00 bits per heavy atom. The monoisotopic (exact) mass is 266 g/mol. The molecule has 2 aromatic carbocycles. The second-order valence-electron chi connectivity index (χ2n) is 5.66. The molecule has 0 unspecified atom stereocenters. The van der Waals surface area contributed by atoms with Crippen LogP contribution in [-0.2, 0) is 12.8 Å². The molecule has 0 radical (unpaired) electrons. The lowest BCUT2D eigenvalue weighted by molar-refractivity contribution is 0.112. The van der Waals surface area contributed by atoms with Gasteiger partial charge in [-0.3, -0.25) is 4.79 Å². The topological polar surface area (TPSA) is 37.3 Å². The SMILES string of the molecule is C[C@@H]1CCc2c(cc(-c3ccccc3)c(C=O)c2O)C1. The first-order valence-corrected chi connectivity index (χ1v) is 7.09. The van der Waals surface area contributed by atoms with Crippen molar-refractivity contribution in [1.82, 2.24) is 0 Å². The number of benzene rings is 2. The van der Waals surface area contributed by atoms with Gasteiger partial charge in [0.05, 0.1) is 5.56 Å². The number of aromatic hydroxyl groups is 1. The number of aldehydes is 1. The van der Waals surface area contributed by atoms with E-state index in [4.69, 9.17) is 0 Å². The molecule has 20 heavy (non-hydrogen) atoms. The van der Waals surface area contributed by atoms with Gasteiger partial charge in [-0.1, -0.05) is 37.3 Å². The number of carbonyl (C=O) groups excluding carboxylic acids is 1. The van der Waals surface area contributed by atoms with Crippen molar-refractivity contribution in [2.75, 3.05) is 0 Å². The second-order valence-corrected chi connectivity index (χ2v) is 5.66. The largest absolute Gasteiger partial charge is 0.507 e. The smallest absolute Gasteiger partial charge is 0.154 e. The molecule has 0 aromatic heterocycles. The summed E-state index contributed by atoms with van der Waals surface area (Å²) in [5.74, 6) is 0.816. The van der Waals surface area contributed by atoms with Crippen molar-refractivity contribution < 1.29 is 9.90 Å². The summed E-state index contributed by atoms with van der Waals surface area (Å²) in [7, 11) is 0. The maximum Gasteiger partial charge on any atom is 0.154 e. The van der Waals surface area contributed by atoms with Crippen LogP contribution in [0.15, 0.2) is 36.4 Å². The van der Waals surface area contributed by atoms with E-state index in [0.29, 0.717) is 11.5 Å². The van der Waals surface area contributed by atoms with Crippen LogP contribution in [0.2, 0.25) is 0 Å². The lowest BCUT2D eigenvalue weighted by atomic mass is 9.81. The Labute approximate surface area is 119 Å². The Balaban J connectivity index is 2.22. The highest BCUT2D eigenvalue weighted by atomic mass is 16.3. The highest BCUT2D eigenvalue weighted by Gasteiger charge is 2.22. The number of fused-ring (bicyclic) bond motifs is 1. The van der Waals surface area contributed by atoms with Gasteiger partial charge < -0.3 is 5.11 Å². The van der Waals surface area contributed by atoms with E-state index in [-0.39, 0.29) is 5.75 Å². The summed E-state index contributed by atoms with van der Waals surface area (Å²) in [6, 6.07) is 11.9. The molecule has 2 aromatic rings. The average Bonchev–Trinajstić information content (AvgIpc) is 2.47. The van der Waals surface area contributed by atoms with Gasteiger partial charge in [0, 0.05) is 0 Å². The van der Waals surface area contributed by atoms with Crippen molar-refractivity contribution in [2.45, 2.75) is 26.2 Å². The molecule has 1 N–H and O–H groups in total. The van der Waals surface area contributed by atoms with Crippen molar-refractivity contribution >= 4 is 6.29 Å². The molecule has 0 aliphatic heterocycles. The van der Waals surface area contributed by atoms with Crippen LogP contribution in [0, 0.1) is 5.92 Å².